The van der Waals surface area contributed by atoms with Crippen LogP contribution in [0.25, 0.3) is 99.2 Å². The molecule has 0 aliphatic heterocycles. The number of rotatable bonds is 4. The monoisotopic (exact) mass is 675 g/mol. The molecule has 0 saturated carbocycles. The maximum atomic E-state index is 10.1. The summed E-state index contributed by atoms with van der Waals surface area (Å²) in [5.41, 5.74) is 13.0. The number of furan rings is 1. The Hall–Kier alpha value is -7.35. The van der Waals surface area contributed by atoms with E-state index >= 15 is 0 Å². The Morgan fingerprint density at radius 2 is 0.943 bits per heavy atom. The molecule has 53 heavy (non-hydrogen) atoms. The highest BCUT2D eigenvalue weighted by Crippen LogP contribution is 2.43. The van der Waals surface area contributed by atoms with E-state index in [9.17, 15) is 5.26 Å². The molecule has 246 valence electrons. The number of hydrogen-bond donors (Lipinski definition) is 0. The molecule has 0 radical (unpaired) electrons. The molecule has 0 aliphatic rings. The number of fused-ring (bicyclic) bond motifs is 10. The molecule has 4 heteroatoms. The second kappa shape index (κ2) is 11.3. The van der Waals surface area contributed by atoms with Gasteiger partial charge in [-0.05, 0) is 77.4 Å². The van der Waals surface area contributed by atoms with Crippen molar-refractivity contribution in [1.29, 1.82) is 5.26 Å². The molecule has 0 amide bonds. The number of nitrogens with zero attached hydrogens (tertiary/aromatic N) is 3. The molecule has 0 spiro atoms. The van der Waals surface area contributed by atoms with Gasteiger partial charge in [-0.25, -0.2) is 0 Å². The number of nitriles is 1. The molecular formula is C49H29N3O. The standard InChI is InChI=1S/C49H29N3O/c50-30-31-13-1-2-14-35(31)37-16-4-3-15-36(37)32-27-33(51-43-21-9-5-17-38(43)39-18-6-10-22-44(39)51)29-34(28-32)52-45-23-11-7-20-42(45)48-46(52)26-25-41-40-19-8-12-24-47(40)53-49(41)48/h1-29H. The topological polar surface area (TPSA) is 46.8 Å². The van der Waals surface area contributed by atoms with Crippen molar-refractivity contribution in [3.05, 3.63) is 181 Å². The summed E-state index contributed by atoms with van der Waals surface area (Å²) in [6.07, 6.45) is 0. The van der Waals surface area contributed by atoms with Crippen LogP contribution in [-0.4, -0.2) is 9.13 Å². The van der Waals surface area contributed by atoms with E-state index in [2.05, 4.69) is 155 Å². The minimum absolute atomic E-state index is 0.649. The quantitative estimate of drug-likeness (QED) is 0.186. The largest absolute Gasteiger partial charge is 0.455 e. The second-order valence-corrected chi connectivity index (χ2v) is 13.6. The van der Waals surface area contributed by atoms with Gasteiger partial charge in [-0.15, -0.1) is 0 Å². The summed E-state index contributed by atoms with van der Waals surface area (Å²) in [7, 11) is 0. The lowest BCUT2D eigenvalue weighted by Gasteiger charge is -2.18. The van der Waals surface area contributed by atoms with Gasteiger partial charge in [0, 0.05) is 43.9 Å². The smallest absolute Gasteiger partial charge is 0.145 e. The summed E-state index contributed by atoms with van der Waals surface area (Å²) in [5.74, 6) is 0. The predicted octanol–water partition coefficient (Wildman–Crippen LogP) is 13.0. The van der Waals surface area contributed by atoms with Gasteiger partial charge in [-0.2, -0.15) is 5.26 Å². The molecule has 0 saturated heterocycles. The van der Waals surface area contributed by atoms with Crippen LogP contribution in [0.3, 0.4) is 0 Å². The Kier molecular flexibility index (Phi) is 6.28. The van der Waals surface area contributed by atoms with Gasteiger partial charge in [0.1, 0.15) is 11.2 Å². The highest BCUT2D eigenvalue weighted by Gasteiger charge is 2.21. The zero-order valence-electron chi connectivity index (χ0n) is 28.5. The van der Waals surface area contributed by atoms with Crippen molar-refractivity contribution in [3.63, 3.8) is 0 Å². The Labute approximate surface area is 304 Å². The van der Waals surface area contributed by atoms with Crippen molar-refractivity contribution in [2.75, 3.05) is 0 Å². The summed E-state index contributed by atoms with van der Waals surface area (Å²) < 4.78 is 11.4. The summed E-state index contributed by atoms with van der Waals surface area (Å²) in [4.78, 5) is 0. The zero-order chi connectivity index (χ0) is 35.0. The van der Waals surface area contributed by atoms with Crippen LogP contribution in [0.1, 0.15) is 5.56 Å². The second-order valence-electron chi connectivity index (χ2n) is 13.6. The average molecular weight is 676 g/mol. The van der Waals surface area contributed by atoms with E-state index in [0.29, 0.717) is 5.56 Å². The molecule has 0 N–H and O–H groups in total. The molecule has 8 aromatic carbocycles. The minimum atomic E-state index is 0.649. The van der Waals surface area contributed by atoms with Gasteiger partial charge in [-0.1, -0.05) is 115 Å². The molecule has 11 rings (SSSR count). The Morgan fingerprint density at radius 1 is 0.415 bits per heavy atom. The van der Waals surface area contributed by atoms with E-state index in [-0.39, 0.29) is 0 Å². The zero-order valence-corrected chi connectivity index (χ0v) is 28.5. The fourth-order valence-electron chi connectivity index (χ4n) is 8.51. The molecule has 3 aromatic heterocycles. The first-order chi connectivity index (χ1) is 26.3. The maximum absolute atomic E-state index is 10.1. The lowest BCUT2D eigenvalue weighted by atomic mass is 9.91. The maximum Gasteiger partial charge on any atom is 0.145 e. The summed E-state index contributed by atoms with van der Waals surface area (Å²) in [6.45, 7) is 0. The SMILES string of the molecule is N#Cc1ccccc1-c1ccccc1-c1cc(-n2c3ccccc3c3ccccc32)cc(-n2c3ccccc3c3c4oc5ccccc5c4ccc32)c1. The average Bonchev–Trinajstić information content (AvgIpc) is 3.88. The minimum Gasteiger partial charge on any atom is -0.455 e. The Bertz CT molecular complexity index is 3260. The third kappa shape index (κ3) is 4.29. The van der Waals surface area contributed by atoms with Gasteiger partial charge in [0.2, 0.25) is 0 Å². The van der Waals surface area contributed by atoms with Gasteiger partial charge < -0.3 is 13.6 Å². The molecule has 3 heterocycles. The molecule has 11 aromatic rings. The third-order valence-electron chi connectivity index (χ3n) is 10.8. The van der Waals surface area contributed by atoms with Crippen LogP contribution in [-0.2, 0) is 0 Å². The van der Waals surface area contributed by atoms with E-state index in [1.54, 1.807) is 0 Å². The Balaban J connectivity index is 1.27. The molecular weight excluding hydrogens is 647 g/mol. The van der Waals surface area contributed by atoms with Gasteiger partial charge >= 0.3 is 0 Å². The van der Waals surface area contributed by atoms with Crippen molar-refractivity contribution < 1.29 is 4.42 Å². The summed E-state index contributed by atoms with van der Waals surface area (Å²) in [5, 5.41) is 17.0. The van der Waals surface area contributed by atoms with Crippen LogP contribution in [0.4, 0.5) is 0 Å². The van der Waals surface area contributed by atoms with Gasteiger partial charge in [-0.3, -0.25) is 0 Å². The van der Waals surface area contributed by atoms with E-state index in [4.69, 9.17) is 4.42 Å². The molecule has 0 aliphatic carbocycles. The number of aromatic nitrogens is 2. The number of para-hydroxylation sites is 4. The van der Waals surface area contributed by atoms with Crippen LogP contribution in [0.2, 0.25) is 0 Å². The molecule has 0 atom stereocenters. The first kappa shape index (κ1) is 29.4. The van der Waals surface area contributed by atoms with Gasteiger partial charge in [0.25, 0.3) is 0 Å². The van der Waals surface area contributed by atoms with Crippen LogP contribution in [0.5, 0.6) is 0 Å². The first-order valence-electron chi connectivity index (χ1n) is 17.8. The van der Waals surface area contributed by atoms with Crippen molar-refractivity contribution in [1.82, 2.24) is 9.13 Å². The van der Waals surface area contributed by atoms with Crippen LogP contribution < -0.4 is 0 Å². The highest BCUT2D eigenvalue weighted by atomic mass is 16.3. The Morgan fingerprint density at radius 3 is 1.64 bits per heavy atom. The van der Waals surface area contributed by atoms with Crippen molar-refractivity contribution in [2.24, 2.45) is 0 Å². The lowest BCUT2D eigenvalue weighted by molar-refractivity contribution is 0.673. The van der Waals surface area contributed by atoms with E-state index in [0.717, 1.165) is 88.4 Å². The van der Waals surface area contributed by atoms with Crippen LogP contribution >= 0.6 is 0 Å². The van der Waals surface area contributed by atoms with Crippen LogP contribution in [0.15, 0.2) is 180 Å². The number of benzene rings is 8. The van der Waals surface area contributed by atoms with Gasteiger partial charge in [0.05, 0.1) is 39.1 Å². The molecule has 0 fully saturated rings. The van der Waals surface area contributed by atoms with Crippen LogP contribution in [0, 0.1) is 11.3 Å². The fourth-order valence-corrected chi connectivity index (χ4v) is 8.51. The molecule has 4 nitrogen and oxygen atoms in total. The fraction of sp³-hybridized carbons (Fsp3) is 0. The molecule has 0 bridgehead atoms. The highest BCUT2D eigenvalue weighted by molar-refractivity contribution is 6.24. The first-order valence-corrected chi connectivity index (χ1v) is 17.8. The normalized spacial score (nSPS) is 11.8. The summed E-state index contributed by atoms with van der Waals surface area (Å²) >= 11 is 0. The summed E-state index contributed by atoms with van der Waals surface area (Å²) in [6, 6.07) is 64.2. The predicted molar refractivity (Wildman–Crippen MR) is 218 cm³/mol. The third-order valence-corrected chi connectivity index (χ3v) is 10.8. The van der Waals surface area contributed by atoms with E-state index < -0.39 is 0 Å². The van der Waals surface area contributed by atoms with Crippen molar-refractivity contribution in [3.8, 4) is 39.7 Å². The van der Waals surface area contributed by atoms with E-state index in [1.807, 2.05) is 36.4 Å². The molecule has 0 unspecified atom stereocenters. The van der Waals surface area contributed by atoms with Gasteiger partial charge in [0.15, 0.2) is 0 Å². The van der Waals surface area contributed by atoms with E-state index in [1.165, 1.54) is 10.8 Å². The lowest BCUT2D eigenvalue weighted by Crippen LogP contribution is -2.00. The van der Waals surface area contributed by atoms with Crippen molar-refractivity contribution in [2.45, 2.75) is 0 Å². The number of hydrogen-bond acceptors (Lipinski definition) is 2. The van der Waals surface area contributed by atoms with Crippen molar-refractivity contribution >= 4 is 65.6 Å².